The van der Waals surface area contributed by atoms with E-state index in [2.05, 4.69) is 30.6 Å². The van der Waals surface area contributed by atoms with Crippen LogP contribution in [0.4, 0.5) is 0 Å². The molecule has 2 heteroatoms. The van der Waals surface area contributed by atoms with E-state index < -0.39 is 0 Å². The molecule has 1 aromatic rings. The van der Waals surface area contributed by atoms with Gasteiger partial charge in [0.05, 0.1) is 0 Å². The molecule has 0 aromatic carbocycles. The van der Waals surface area contributed by atoms with Crippen LogP contribution in [-0.4, -0.2) is 12.6 Å². The van der Waals surface area contributed by atoms with E-state index in [1.54, 1.807) is 5.56 Å². The predicted octanol–water partition coefficient (Wildman–Crippen LogP) is 3.30. The SMILES string of the molecule is Cc1sccc1C(C)CCNC1CC1. The third kappa shape index (κ3) is 2.58. The first-order chi connectivity index (χ1) is 6.77. The molecule has 1 heterocycles. The first-order valence-electron chi connectivity index (χ1n) is 5.54. The van der Waals surface area contributed by atoms with Crippen molar-refractivity contribution in [3.05, 3.63) is 21.9 Å². The highest BCUT2D eigenvalue weighted by molar-refractivity contribution is 7.10. The van der Waals surface area contributed by atoms with Crippen LogP contribution in [0, 0.1) is 6.92 Å². The largest absolute Gasteiger partial charge is 0.314 e. The first-order valence-corrected chi connectivity index (χ1v) is 6.42. The van der Waals surface area contributed by atoms with Crippen molar-refractivity contribution in [2.75, 3.05) is 6.54 Å². The number of nitrogens with one attached hydrogen (secondary N) is 1. The maximum atomic E-state index is 3.57. The van der Waals surface area contributed by atoms with E-state index in [4.69, 9.17) is 0 Å². The van der Waals surface area contributed by atoms with Gasteiger partial charge in [0.15, 0.2) is 0 Å². The second-order valence-corrected chi connectivity index (χ2v) is 5.47. The molecule has 0 aliphatic heterocycles. The minimum Gasteiger partial charge on any atom is -0.314 e. The molecule has 1 atom stereocenters. The number of thiophene rings is 1. The molecule has 1 saturated carbocycles. The van der Waals surface area contributed by atoms with Crippen LogP contribution in [0.3, 0.4) is 0 Å². The van der Waals surface area contributed by atoms with Crippen LogP contribution in [-0.2, 0) is 0 Å². The molecule has 0 bridgehead atoms. The van der Waals surface area contributed by atoms with Crippen molar-refractivity contribution in [1.29, 1.82) is 0 Å². The molecule has 1 unspecified atom stereocenters. The number of hydrogen-bond acceptors (Lipinski definition) is 2. The summed E-state index contributed by atoms with van der Waals surface area (Å²) < 4.78 is 0. The van der Waals surface area contributed by atoms with E-state index in [0.717, 1.165) is 6.04 Å². The summed E-state index contributed by atoms with van der Waals surface area (Å²) in [5.41, 5.74) is 1.55. The van der Waals surface area contributed by atoms with Gasteiger partial charge in [-0.15, -0.1) is 11.3 Å². The van der Waals surface area contributed by atoms with Gasteiger partial charge in [-0.25, -0.2) is 0 Å². The Morgan fingerprint density at radius 1 is 1.57 bits per heavy atom. The molecule has 0 saturated heterocycles. The second kappa shape index (κ2) is 4.45. The summed E-state index contributed by atoms with van der Waals surface area (Å²) in [6.45, 7) is 5.75. The fourth-order valence-corrected chi connectivity index (χ4v) is 2.68. The molecule has 1 aliphatic rings. The Bertz CT molecular complexity index is 288. The lowest BCUT2D eigenvalue weighted by molar-refractivity contribution is 0.591. The van der Waals surface area contributed by atoms with Gasteiger partial charge < -0.3 is 5.32 Å². The van der Waals surface area contributed by atoms with E-state index >= 15 is 0 Å². The monoisotopic (exact) mass is 209 g/mol. The summed E-state index contributed by atoms with van der Waals surface area (Å²) in [7, 11) is 0. The van der Waals surface area contributed by atoms with Gasteiger partial charge in [-0.1, -0.05) is 6.92 Å². The van der Waals surface area contributed by atoms with Gasteiger partial charge >= 0.3 is 0 Å². The Balaban J connectivity index is 1.76. The summed E-state index contributed by atoms with van der Waals surface area (Å²) in [6, 6.07) is 3.13. The maximum Gasteiger partial charge on any atom is 0.00682 e. The van der Waals surface area contributed by atoms with Crippen LogP contribution in [0.15, 0.2) is 11.4 Å². The molecular weight excluding hydrogens is 190 g/mol. The van der Waals surface area contributed by atoms with Gasteiger partial charge in [0.25, 0.3) is 0 Å². The quantitative estimate of drug-likeness (QED) is 0.784. The molecule has 0 radical (unpaired) electrons. The molecule has 1 aliphatic carbocycles. The van der Waals surface area contributed by atoms with Crippen molar-refractivity contribution in [3.63, 3.8) is 0 Å². The summed E-state index contributed by atoms with van der Waals surface area (Å²) >= 11 is 1.86. The normalized spacial score (nSPS) is 18.4. The fraction of sp³-hybridized carbons (Fsp3) is 0.667. The molecule has 0 amide bonds. The topological polar surface area (TPSA) is 12.0 Å². The number of rotatable bonds is 5. The fourth-order valence-electron chi connectivity index (χ4n) is 1.85. The summed E-state index contributed by atoms with van der Waals surface area (Å²) in [6.07, 6.45) is 4.06. The minimum atomic E-state index is 0.715. The van der Waals surface area contributed by atoms with E-state index in [-0.39, 0.29) is 0 Å². The molecule has 1 nitrogen and oxygen atoms in total. The first kappa shape index (κ1) is 10.2. The minimum absolute atomic E-state index is 0.715. The van der Waals surface area contributed by atoms with Gasteiger partial charge in [0, 0.05) is 10.9 Å². The Labute approximate surface area is 90.5 Å². The van der Waals surface area contributed by atoms with Gasteiger partial charge in [-0.2, -0.15) is 0 Å². The van der Waals surface area contributed by atoms with Crippen LogP contribution < -0.4 is 5.32 Å². The molecular formula is C12H19NS. The molecule has 1 aromatic heterocycles. The third-order valence-electron chi connectivity index (χ3n) is 3.02. The predicted molar refractivity (Wildman–Crippen MR) is 63.1 cm³/mol. The lowest BCUT2D eigenvalue weighted by Crippen LogP contribution is -2.18. The molecule has 1 fully saturated rings. The maximum absolute atomic E-state index is 3.57. The van der Waals surface area contributed by atoms with Crippen molar-refractivity contribution in [1.82, 2.24) is 5.32 Å². The van der Waals surface area contributed by atoms with Crippen molar-refractivity contribution in [2.45, 2.75) is 45.1 Å². The van der Waals surface area contributed by atoms with Gasteiger partial charge in [-0.05, 0) is 55.7 Å². The molecule has 1 N–H and O–H groups in total. The smallest absolute Gasteiger partial charge is 0.00682 e. The standard InChI is InChI=1S/C12H19NS/c1-9(5-7-13-11-3-4-11)12-6-8-14-10(12)2/h6,8-9,11,13H,3-5,7H2,1-2H3. The number of aryl methyl sites for hydroxylation is 1. The zero-order valence-electron chi connectivity index (χ0n) is 9.05. The highest BCUT2D eigenvalue weighted by Gasteiger charge is 2.20. The van der Waals surface area contributed by atoms with Crippen molar-refractivity contribution >= 4 is 11.3 Å². The van der Waals surface area contributed by atoms with Crippen molar-refractivity contribution < 1.29 is 0 Å². The van der Waals surface area contributed by atoms with Crippen LogP contribution in [0.1, 0.15) is 42.5 Å². The lowest BCUT2D eigenvalue weighted by atomic mass is 9.99. The third-order valence-corrected chi connectivity index (χ3v) is 3.88. The highest BCUT2D eigenvalue weighted by Crippen LogP contribution is 2.26. The summed E-state index contributed by atoms with van der Waals surface area (Å²) in [4.78, 5) is 1.49. The summed E-state index contributed by atoms with van der Waals surface area (Å²) in [5, 5.41) is 5.78. The Morgan fingerprint density at radius 2 is 2.36 bits per heavy atom. The highest BCUT2D eigenvalue weighted by atomic mass is 32.1. The number of hydrogen-bond donors (Lipinski definition) is 1. The van der Waals surface area contributed by atoms with Gasteiger partial charge in [0.2, 0.25) is 0 Å². The van der Waals surface area contributed by atoms with E-state index in [1.165, 1.54) is 30.7 Å². The van der Waals surface area contributed by atoms with Gasteiger partial charge in [-0.3, -0.25) is 0 Å². The molecule has 14 heavy (non-hydrogen) atoms. The van der Waals surface area contributed by atoms with Crippen LogP contribution in [0.2, 0.25) is 0 Å². The average molecular weight is 209 g/mol. The second-order valence-electron chi connectivity index (χ2n) is 4.35. The van der Waals surface area contributed by atoms with E-state index in [9.17, 15) is 0 Å². The van der Waals surface area contributed by atoms with E-state index in [0.29, 0.717) is 5.92 Å². The Morgan fingerprint density at radius 3 is 2.93 bits per heavy atom. The van der Waals surface area contributed by atoms with E-state index in [1.807, 2.05) is 11.3 Å². The van der Waals surface area contributed by atoms with Crippen LogP contribution >= 0.6 is 11.3 Å². The zero-order valence-corrected chi connectivity index (χ0v) is 9.86. The van der Waals surface area contributed by atoms with Crippen molar-refractivity contribution in [3.8, 4) is 0 Å². The van der Waals surface area contributed by atoms with Crippen molar-refractivity contribution in [2.24, 2.45) is 0 Å². The van der Waals surface area contributed by atoms with Crippen LogP contribution in [0.25, 0.3) is 0 Å². The Hall–Kier alpha value is -0.340. The average Bonchev–Trinajstić information content (AvgIpc) is 2.87. The molecule has 2 rings (SSSR count). The summed E-state index contributed by atoms with van der Waals surface area (Å²) in [5.74, 6) is 0.715. The lowest BCUT2D eigenvalue weighted by Gasteiger charge is -2.11. The van der Waals surface area contributed by atoms with Gasteiger partial charge in [0.1, 0.15) is 0 Å². The van der Waals surface area contributed by atoms with Crippen LogP contribution in [0.5, 0.6) is 0 Å². The zero-order chi connectivity index (χ0) is 9.97. The Kier molecular flexibility index (Phi) is 3.24. The molecule has 78 valence electrons. The molecule has 0 spiro atoms.